The summed E-state index contributed by atoms with van der Waals surface area (Å²) in [6.45, 7) is 0.590. The highest BCUT2D eigenvalue weighted by Crippen LogP contribution is 2.21. The zero-order valence-electron chi connectivity index (χ0n) is 10.1. The summed E-state index contributed by atoms with van der Waals surface area (Å²) in [5, 5.41) is 0. The summed E-state index contributed by atoms with van der Waals surface area (Å²) in [6, 6.07) is 5.57. The monoisotopic (exact) mass is 244 g/mol. The van der Waals surface area contributed by atoms with Crippen molar-refractivity contribution < 1.29 is 13.5 Å². The molecule has 0 saturated carbocycles. The van der Waals surface area contributed by atoms with Crippen molar-refractivity contribution in [3.05, 3.63) is 29.3 Å². The minimum Gasteiger partial charge on any atom is -0.496 e. The summed E-state index contributed by atoms with van der Waals surface area (Å²) < 4.78 is 29.6. The lowest BCUT2D eigenvalue weighted by Crippen LogP contribution is -2.24. The lowest BCUT2D eigenvalue weighted by Gasteiger charge is -2.18. The Bertz CT molecular complexity index is 358. The van der Waals surface area contributed by atoms with E-state index in [0.717, 1.165) is 11.1 Å². The summed E-state index contributed by atoms with van der Waals surface area (Å²) in [4.78, 5) is 1.56. The van der Waals surface area contributed by atoms with Gasteiger partial charge < -0.3 is 10.5 Å². The molecule has 0 aliphatic carbocycles. The van der Waals surface area contributed by atoms with E-state index in [1.54, 1.807) is 19.1 Å². The molecular weight excluding hydrogens is 226 g/mol. The number of hydrogen-bond donors (Lipinski definition) is 1. The van der Waals surface area contributed by atoms with Gasteiger partial charge in [-0.3, -0.25) is 4.90 Å². The fourth-order valence-corrected chi connectivity index (χ4v) is 1.67. The molecule has 0 aliphatic heterocycles. The van der Waals surface area contributed by atoms with Crippen LogP contribution in [0.5, 0.6) is 5.75 Å². The Labute approximate surface area is 100 Å². The van der Waals surface area contributed by atoms with Crippen molar-refractivity contribution in [3.63, 3.8) is 0 Å². The Hall–Kier alpha value is -1.20. The van der Waals surface area contributed by atoms with Crippen LogP contribution in [-0.2, 0) is 13.1 Å². The topological polar surface area (TPSA) is 38.5 Å². The molecule has 0 atom stereocenters. The van der Waals surface area contributed by atoms with Gasteiger partial charge in [0.15, 0.2) is 0 Å². The molecule has 0 fully saturated rings. The molecule has 0 saturated heterocycles. The zero-order chi connectivity index (χ0) is 12.8. The molecule has 1 aromatic carbocycles. The van der Waals surface area contributed by atoms with Gasteiger partial charge in [-0.05, 0) is 24.7 Å². The van der Waals surface area contributed by atoms with Gasteiger partial charge >= 0.3 is 0 Å². The van der Waals surface area contributed by atoms with Crippen molar-refractivity contribution in [2.45, 2.75) is 19.5 Å². The fraction of sp³-hybridized carbons (Fsp3) is 0.500. The van der Waals surface area contributed by atoms with E-state index >= 15 is 0 Å². The molecule has 1 rings (SSSR count). The SMILES string of the molecule is COc1ccc(CN)cc1CN(C)CC(F)F. The average Bonchev–Trinajstić information content (AvgIpc) is 2.27. The summed E-state index contributed by atoms with van der Waals surface area (Å²) in [7, 11) is 3.22. The van der Waals surface area contributed by atoms with E-state index in [4.69, 9.17) is 10.5 Å². The number of alkyl halides is 2. The third-order valence-electron chi connectivity index (χ3n) is 2.47. The molecule has 0 aliphatic rings. The largest absolute Gasteiger partial charge is 0.496 e. The second-order valence-corrected chi connectivity index (χ2v) is 3.94. The Morgan fingerprint density at radius 2 is 2.12 bits per heavy atom. The number of hydrogen-bond acceptors (Lipinski definition) is 3. The van der Waals surface area contributed by atoms with Crippen LogP contribution < -0.4 is 10.5 Å². The van der Waals surface area contributed by atoms with Crippen molar-refractivity contribution in [2.75, 3.05) is 20.7 Å². The van der Waals surface area contributed by atoms with E-state index in [0.29, 0.717) is 18.8 Å². The number of nitrogens with two attached hydrogens (primary N) is 1. The van der Waals surface area contributed by atoms with Gasteiger partial charge in [0.25, 0.3) is 6.43 Å². The van der Waals surface area contributed by atoms with Crippen LogP contribution in [0, 0.1) is 0 Å². The van der Waals surface area contributed by atoms with Crippen molar-refractivity contribution in [2.24, 2.45) is 5.73 Å². The molecule has 0 bridgehead atoms. The first kappa shape index (κ1) is 13.9. The molecule has 0 unspecified atom stereocenters. The van der Waals surface area contributed by atoms with Crippen molar-refractivity contribution in [1.82, 2.24) is 4.90 Å². The van der Waals surface area contributed by atoms with E-state index < -0.39 is 6.43 Å². The third-order valence-corrected chi connectivity index (χ3v) is 2.47. The van der Waals surface area contributed by atoms with Gasteiger partial charge in [0.2, 0.25) is 0 Å². The summed E-state index contributed by atoms with van der Waals surface area (Å²) in [6.07, 6.45) is -2.33. The normalized spacial score (nSPS) is 11.2. The van der Waals surface area contributed by atoms with Crippen molar-refractivity contribution in [3.8, 4) is 5.75 Å². The summed E-state index contributed by atoms with van der Waals surface area (Å²) in [5.41, 5.74) is 7.39. The molecule has 0 aromatic heterocycles. The number of ether oxygens (including phenoxy) is 1. The number of benzene rings is 1. The average molecular weight is 244 g/mol. The zero-order valence-corrected chi connectivity index (χ0v) is 10.1. The van der Waals surface area contributed by atoms with E-state index in [2.05, 4.69) is 0 Å². The summed E-state index contributed by atoms with van der Waals surface area (Å²) >= 11 is 0. The van der Waals surface area contributed by atoms with Crippen molar-refractivity contribution >= 4 is 0 Å². The molecule has 96 valence electrons. The van der Waals surface area contributed by atoms with E-state index in [-0.39, 0.29) is 6.54 Å². The molecule has 0 radical (unpaired) electrons. The van der Waals surface area contributed by atoms with Crippen molar-refractivity contribution in [1.29, 1.82) is 0 Å². The number of nitrogens with zero attached hydrogens (tertiary/aromatic N) is 1. The quantitative estimate of drug-likeness (QED) is 0.830. The molecule has 5 heteroatoms. The van der Waals surface area contributed by atoms with Gasteiger partial charge in [0.1, 0.15) is 5.75 Å². The Morgan fingerprint density at radius 1 is 1.41 bits per heavy atom. The van der Waals surface area contributed by atoms with Crippen LogP contribution >= 0.6 is 0 Å². The van der Waals surface area contributed by atoms with E-state index in [9.17, 15) is 8.78 Å². The van der Waals surface area contributed by atoms with Crippen LogP contribution in [-0.4, -0.2) is 32.0 Å². The molecule has 0 amide bonds. The highest BCUT2D eigenvalue weighted by molar-refractivity contribution is 5.37. The molecule has 0 spiro atoms. The van der Waals surface area contributed by atoms with E-state index in [1.165, 1.54) is 0 Å². The lowest BCUT2D eigenvalue weighted by molar-refractivity contribution is 0.0972. The molecular formula is C12H18F2N2O. The maximum absolute atomic E-state index is 12.2. The maximum Gasteiger partial charge on any atom is 0.251 e. The van der Waals surface area contributed by atoms with Gasteiger partial charge in [-0.1, -0.05) is 6.07 Å². The molecule has 3 nitrogen and oxygen atoms in total. The first-order valence-electron chi connectivity index (χ1n) is 5.39. The van der Waals surface area contributed by atoms with Crippen LogP contribution in [0.4, 0.5) is 8.78 Å². The Kier molecular flexibility index (Phi) is 5.31. The van der Waals surface area contributed by atoms with Gasteiger partial charge in [-0.15, -0.1) is 0 Å². The maximum atomic E-state index is 12.2. The standard InChI is InChI=1S/C12H18F2N2O/c1-16(8-12(13)14)7-10-5-9(6-15)3-4-11(10)17-2/h3-5,12H,6-8,15H2,1-2H3. The first-order chi connectivity index (χ1) is 8.06. The highest BCUT2D eigenvalue weighted by atomic mass is 19.3. The van der Waals surface area contributed by atoms with Gasteiger partial charge in [-0.25, -0.2) is 8.78 Å². The predicted octanol–water partition coefficient (Wildman–Crippen LogP) is 1.85. The van der Waals surface area contributed by atoms with Gasteiger partial charge in [-0.2, -0.15) is 0 Å². The molecule has 2 N–H and O–H groups in total. The van der Waals surface area contributed by atoms with Crippen LogP contribution in [0.1, 0.15) is 11.1 Å². The number of rotatable bonds is 6. The van der Waals surface area contributed by atoms with Crippen LogP contribution in [0.2, 0.25) is 0 Å². The van der Waals surface area contributed by atoms with Gasteiger partial charge in [0, 0.05) is 18.7 Å². The molecule has 0 heterocycles. The second-order valence-electron chi connectivity index (χ2n) is 3.94. The second kappa shape index (κ2) is 6.51. The highest BCUT2D eigenvalue weighted by Gasteiger charge is 2.11. The fourth-order valence-electron chi connectivity index (χ4n) is 1.67. The summed E-state index contributed by atoms with van der Waals surface area (Å²) in [5.74, 6) is 0.698. The minimum absolute atomic E-state index is 0.254. The molecule has 17 heavy (non-hydrogen) atoms. The Balaban J connectivity index is 2.80. The first-order valence-corrected chi connectivity index (χ1v) is 5.39. The predicted molar refractivity (Wildman–Crippen MR) is 63.2 cm³/mol. The van der Waals surface area contributed by atoms with E-state index in [1.807, 2.05) is 18.2 Å². The van der Waals surface area contributed by atoms with Crippen LogP contribution in [0.15, 0.2) is 18.2 Å². The number of halogens is 2. The molecule has 1 aromatic rings. The number of methoxy groups -OCH3 is 1. The third kappa shape index (κ3) is 4.28. The smallest absolute Gasteiger partial charge is 0.251 e. The minimum atomic E-state index is -2.33. The van der Waals surface area contributed by atoms with Crippen LogP contribution in [0.3, 0.4) is 0 Å². The van der Waals surface area contributed by atoms with Crippen LogP contribution in [0.25, 0.3) is 0 Å². The lowest BCUT2D eigenvalue weighted by atomic mass is 10.1. The van der Waals surface area contributed by atoms with Gasteiger partial charge in [0.05, 0.1) is 13.7 Å². The Morgan fingerprint density at radius 3 is 2.65 bits per heavy atom.